The summed E-state index contributed by atoms with van der Waals surface area (Å²) in [5, 5.41) is 11.3. The standard InChI is InChI=1S/C23H25N3O5S/c1-30-22-17-18(5-11-21(22)31-16-13-24)6-12-23(27)25-19-7-9-20(10-8-19)32(28,29)26-14-3-2-4-15-26/h5-12,17H,2-4,14-16H2,1H3,(H,25,27)/b12-6+. The third kappa shape index (κ3) is 5.87. The quantitative estimate of drug-likeness (QED) is 0.611. The van der Waals surface area contributed by atoms with E-state index < -0.39 is 10.0 Å². The fourth-order valence-electron chi connectivity index (χ4n) is 3.34. The number of hydrogen-bond acceptors (Lipinski definition) is 6. The first-order chi connectivity index (χ1) is 15.4. The number of carbonyl (C=O) groups is 1. The number of hydrogen-bond donors (Lipinski definition) is 1. The first-order valence-corrected chi connectivity index (χ1v) is 11.6. The number of methoxy groups -OCH3 is 1. The first-order valence-electron chi connectivity index (χ1n) is 10.2. The minimum absolute atomic E-state index is 0.0912. The molecule has 0 unspecified atom stereocenters. The van der Waals surface area contributed by atoms with Crippen LogP contribution < -0.4 is 14.8 Å². The van der Waals surface area contributed by atoms with Crippen molar-refractivity contribution in [2.45, 2.75) is 24.2 Å². The molecular weight excluding hydrogens is 430 g/mol. The number of rotatable bonds is 8. The SMILES string of the molecule is COc1cc(/C=C/C(=O)Nc2ccc(S(=O)(=O)N3CCCCC3)cc2)ccc1OCC#N. The molecule has 1 heterocycles. The highest BCUT2D eigenvalue weighted by Gasteiger charge is 2.25. The number of nitrogens with zero attached hydrogens (tertiary/aromatic N) is 2. The summed E-state index contributed by atoms with van der Waals surface area (Å²) < 4.78 is 37.4. The van der Waals surface area contributed by atoms with E-state index in [4.69, 9.17) is 14.7 Å². The topological polar surface area (TPSA) is 109 Å². The van der Waals surface area contributed by atoms with Gasteiger partial charge in [-0.2, -0.15) is 9.57 Å². The van der Waals surface area contributed by atoms with Gasteiger partial charge >= 0.3 is 0 Å². The molecular formula is C23H25N3O5S. The fourth-order valence-corrected chi connectivity index (χ4v) is 4.85. The molecule has 32 heavy (non-hydrogen) atoms. The highest BCUT2D eigenvalue weighted by molar-refractivity contribution is 7.89. The second kappa shape index (κ2) is 10.8. The van der Waals surface area contributed by atoms with Crippen LogP contribution in [0, 0.1) is 11.3 Å². The van der Waals surface area contributed by atoms with Crippen LogP contribution in [-0.4, -0.2) is 45.4 Å². The maximum atomic E-state index is 12.7. The van der Waals surface area contributed by atoms with Gasteiger partial charge < -0.3 is 14.8 Å². The second-order valence-corrected chi connectivity index (χ2v) is 9.11. The second-order valence-electron chi connectivity index (χ2n) is 7.17. The van der Waals surface area contributed by atoms with Gasteiger partial charge in [-0.05, 0) is 60.9 Å². The molecule has 0 saturated carbocycles. The highest BCUT2D eigenvalue weighted by Crippen LogP contribution is 2.28. The van der Waals surface area contributed by atoms with Crippen LogP contribution in [0.3, 0.4) is 0 Å². The molecule has 168 valence electrons. The average Bonchev–Trinajstić information content (AvgIpc) is 2.82. The highest BCUT2D eigenvalue weighted by atomic mass is 32.2. The number of nitrogens with one attached hydrogen (secondary N) is 1. The van der Waals surface area contributed by atoms with E-state index in [1.807, 2.05) is 6.07 Å². The molecule has 1 aliphatic heterocycles. The van der Waals surface area contributed by atoms with E-state index in [0.717, 1.165) is 19.3 Å². The van der Waals surface area contributed by atoms with Crippen molar-refractivity contribution in [3.8, 4) is 17.6 Å². The average molecular weight is 456 g/mol. The van der Waals surface area contributed by atoms with Crippen molar-refractivity contribution in [2.75, 3.05) is 32.1 Å². The van der Waals surface area contributed by atoms with Crippen LogP contribution in [0.15, 0.2) is 53.4 Å². The lowest BCUT2D eigenvalue weighted by Crippen LogP contribution is -2.35. The Hall–Kier alpha value is -3.35. The molecule has 1 saturated heterocycles. The number of anilines is 1. The van der Waals surface area contributed by atoms with E-state index in [9.17, 15) is 13.2 Å². The van der Waals surface area contributed by atoms with Gasteiger partial charge in [0.2, 0.25) is 15.9 Å². The normalized spacial score (nSPS) is 14.6. The Labute approximate surface area is 188 Å². The Morgan fingerprint density at radius 1 is 1.12 bits per heavy atom. The Morgan fingerprint density at radius 3 is 2.50 bits per heavy atom. The van der Waals surface area contributed by atoms with Gasteiger partial charge in [-0.3, -0.25) is 4.79 Å². The van der Waals surface area contributed by atoms with Gasteiger partial charge in [0, 0.05) is 24.9 Å². The van der Waals surface area contributed by atoms with E-state index in [1.54, 1.807) is 36.4 Å². The molecule has 3 rings (SSSR count). The van der Waals surface area contributed by atoms with E-state index in [0.29, 0.717) is 35.8 Å². The molecule has 1 N–H and O–H groups in total. The number of amides is 1. The predicted octanol–water partition coefficient (Wildman–Crippen LogP) is 3.42. The van der Waals surface area contributed by atoms with Crippen molar-refractivity contribution in [3.05, 3.63) is 54.1 Å². The summed E-state index contributed by atoms with van der Waals surface area (Å²) in [4.78, 5) is 12.5. The van der Waals surface area contributed by atoms with E-state index in [2.05, 4.69) is 5.32 Å². The van der Waals surface area contributed by atoms with Crippen molar-refractivity contribution in [1.82, 2.24) is 4.31 Å². The maximum absolute atomic E-state index is 12.7. The molecule has 0 atom stereocenters. The van der Waals surface area contributed by atoms with Crippen LogP contribution in [0.25, 0.3) is 6.08 Å². The van der Waals surface area contributed by atoms with Gasteiger partial charge in [0.1, 0.15) is 6.07 Å². The molecule has 0 bridgehead atoms. The number of benzene rings is 2. The minimum atomic E-state index is -3.50. The molecule has 0 aromatic heterocycles. The van der Waals surface area contributed by atoms with Crippen LogP contribution in [0.1, 0.15) is 24.8 Å². The van der Waals surface area contributed by atoms with E-state index in [-0.39, 0.29) is 17.4 Å². The molecule has 1 amide bonds. The van der Waals surface area contributed by atoms with E-state index in [1.165, 1.54) is 29.6 Å². The molecule has 0 radical (unpaired) electrons. The molecule has 0 aliphatic carbocycles. The summed E-state index contributed by atoms with van der Waals surface area (Å²) >= 11 is 0. The Balaban J connectivity index is 1.62. The first kappa shape index (κ1) is 23.3. The zero-order valence-electron chi connectivity index (χ0n) is 17.8. The predicted molar refractivity (Wildman–Crippen MR) is 121 cm³/mol. The summed E-state index contributed by atoms with van der Waals surface area (Å²) in [5.74, 6) is 0.531. The van der Waals surface area contributed by atoms with Crippen molar-refractivity contribution >= 4 is 27.7 Å². The summed E-state index contributed by atoms with van der Waals surface area (Å²) in [6, 6.07) is 13.2. The van der Waals surface area contributed by atoms with Gasteiger partial charge in [0.05, 0.1) is 12.0 Å². The summed E-state index contributed by atoms with van der Waals surface area (Å²) in [6.45, 7) is 0.996. The summed E-state index contributed by atoms with van der Waals surface area (Å²) in [7, 11) is -2.01. The van der Waals surface area contributed by atoms with Gasteiger partial charge in [0.25, 0.3) is 0 Å². The van der Waals surface area contributed by atoms with Gasteiger partial charge in [-0.25, -0.2) is 8.42 Å². The number of piperidine rings is 1. The van der Waals surface area contributed by atoms with Crippen molar-refractivity contribution in [1.29, 1.82) is 5.26 Å². The van der Waals surface area contributed by atoms with Crippen molar-refractivity contribution in [3.63, 3.8) is 0 Å². The lowest BCUT2D eigenvalue weighted by atomic mass is 10.2. The van der Waals surface area contributed by atoms with Crippen LogP contribution in [0.4, 0.5) is 5.69 Å². The molecule has 9 heteroatoms. The minimum Gasteiger partial charge on any atom is -0.493 e. The number of carbonyl (C=O) groups excluding carboxylic acids is 1. The monoisotopic (exact) mass is 455 g/mol. The van der Waals surface area contributed by atoms with Gasteiger partial charge in [0.15, 0.2) is 18.1 Å². The molecule has 1 fully saturated rings. The van der Waals surface area contributed by atoms with Crippen LogP contribution >= 0.6 is 0 Å². The number of sulfonamides is 1. The lowest BCUT2D eigenvalue weighted by molar-refractivity contribution is -0.111. The largest absolute Gasteiger partial charge is 0.493 e. The Morgan fingerprint density at radius 2 is 1.84 bits per heavy atom. The smallest absolute Gasteiger partial charge is 0.248 e. The van der Waals surface area contributed by atoms with Crippen LogP contribution in [0.5, 0.6) is 11.5 Å². The molecule has 2 aromatic rings. The Bertz CT molecular complexity index is 1120. The fraction of sp³-hybridized carbons (Fsp3) is 0.304. The molecule has 1 aliphatic rings. The summed E-state index contributed by atoms with van der Waals surface area (Å²) in [6.07, 6.45) is 5.78. The molecule has 8 nitrogen and oxygen atoms in total. The molecule has 2 aromatic carbocycles. The van der Waals surface area contributed by atoms with Gasteiger partial charge in [-0.15, -0.1) is 0 Å². The number of ether oxygens (including phenoxy) is 2. The summed E-state index contributed by atoms with van der Waals surface area (Å²) in [5.41, 5.74) is 1.21. The zero-order valence-corrected chi connectivity index (χ0v) is 18.6. The maximum Gasteiger partial charge on any atom is 0.248 e. The van der Waals surface area contributed by atoms with Crippen LogP contribution in [0.2, 0.25) is 0 Å². The van der Waals surface area contributed by atoms with Gasteiger partial charge in [-0.1, -0.05) is 12.5 Å². The number of nitriles is 1. The van der Waals surface area contributed by atoms with Crippen LogP contribution in [-0.2, 0) is 14.8 Å². The molecule has 0 spiro atoms. The van der Waals surface area contributed by atoms with Crippen molar-refractivity contribution in [2.24, 2.45) is 0 Å². The lowest BCUT2D eigenvalue weighted by Gasteiger charge is -2.25. The third-order valence-corrected chi connectivity index (χ3v) is 6.89. The Kier molecular flexibility index (Phi) is 7.87. The zero-order chi connectivity index (χ0) is 23.0. The van der Waals surface area contributed by atoms with Crippen molar-refractivity contribution < 1.29 is 22.7 Å². The van der Waals surface area contributed by atoms with E-state index >= 15 is 0 Å². The third-order valence-electron chi connectivity index (χ3n) is 4.98.